The molecule has 0 aliphatic carbocycles. The summed E-state index contributed by atoms with van der Waals surface area (Å²) in [6.45, 7) is 0.273. The maximum absolute atomic E-state index is 12.2. The zero-order chi connectivity index (χ0) is 16.9. The lowest BCUT2D eigenvalue weighted by Gasteiger charge is -2.08. The largest absolute Gasteiger partial charge is 0.465 e. The van der Waals surface area contributed by atoms with E-state index in [9.17, 15) is 13.2 Å². The Bertz CT molecular complexity index is 774. The first-order chi connectivity index (χ1) is 10.9. The van der Waals surface area contributed by atoms with E-state index < -0.39 is 16.1 Å². The molecule has 0 heterocycles. The molecule has 0 bridgehead atoms. The van der Waals surface area contributed by atoms with Crippen molar-refractivity contribution in [2.24, 2.45) is 0 Å². The number of rotatable bonds is 6. The smallest absolute Gasteiger partial charge is 0.404 e. The van der Waals surface area contributed by atoms with Gasteiger partial charge in [-0.2, -0.15) is 0 Å². The van der Waals surface area contributed by atoms with Gasteiger partial charge in [0.15, 0.2) is 0 Å². The topological polar surface area (TPSA) is 95.5 Å². The molecule has 122 valence electrons. The van der Waals surface area contributed by atoms with Crippen molar-refractivity contribution in [2.45, 2.75) is 18.0 Å². The molecule has 0 spiro atoms. The van der Waals surface area contributed by atoms with E-state index in [0.29, 0.717) is 10.6 Å². The number of hydrogen-bond donors (Lipinski definition) is 3. The van der Waals surface area contributed by atoms with Crippen LogP contribution in [0.3, 0.4) is 0 Å². The number of amides is 1. The minimum atomic E-state index is -3.64. The van der Waals surface area contributed by atoms with Crippen molar-refractivity contribution in [3.63, 3.8) is 0 Å². The Balaban J connectivity index is 2.01. The minimum Gasteiger partial charge on any atom is -0.465 e. The summed E-state index contributed by atoms with van der Waals surface area (Å²) in [6, 6.07) is 12.9. The third kappa shape index (κ3) is 5.24. The van der Waals surface area contributed by atoms with Crippen LogP contribution in [0.2, 0.25) is 5.02 Å². The molecule has 2 aromatic rings. The Morgan fingerprint density at radius 3 is 2.04 bits per heavy atom. The van der Waals surface area contributed by atoms with Crippen LogP contribution < -0.4 is 10.0 Å². The number of carbonyl (C=O) groups is 1. The van der Waals surface area contributed by atoms with Crippen molar-refractivity contribution in [2.75, 3.05) is 0 Å². The second kappa shape index (κ2) is 7.45. The van der Waals surface area contributed by atoms with Crippen molar-refractivity contribution in [1.82, 2.24) is 10.0 Å². The molecular formula is C15H15ClN2O4S. The van der Waals surface area contributed by atoms with Crippen molar-refractivity contribution in [3.8, 4) is 0 Å². The lowest BCUT2D eigenvalue weighted by Crippen LogP contribution is -2.23. The fraction of sp³-hybridized carbons (Fsp3) is 0.133. The monoisotopic (exact) mass is 354 g/mol. The predicted octanol–water partition coefficient (Wildman–Crippen LogP) is 2.59. The van der Waals surface area contributed by atoms with Crippen LogP contribution in [0, 0.1) is 0 Å². The van der Waals surface area contributed by atoms with Crippen LogP contribution in [-0.4, -0.2) is 19.6 Å². The molecule has 8 heteroatoms. The average molecular weight is 355 g/mol. The normalized spacial score (nSPS) is 11.2. The zero-order valence-corrected chi connectivity index (χ0v) is 13.6. The Morgan fingerprint density at radius 2 is 1.48 bits per heavy atom. The highest BCUT2D eigenvalue weighted by Crippen LogP contribution is 2.13. The molecule has 0 aliphatic heterocycles. The van der Waals surface area contributed by atoms with Gasteiger partial charge in [0.25, 0.3) is 0 Å². The molecule has 6 nitrogen and oxygen atoms in total. The Labute approximate surface area is 139 Å². The summed E-state index contributed by atoms with van der Waals surface area (Å²) in [5, 5.41) is 11.3. The number of hydrogen-bond acceptors (Lipinski definition) is 3. The molecule has 0 radical (unpaired) electrons. The molecule has 0 unspecified atom stereocenters. The van der Waals surface area contributed by atoms with E-state index in [-0.39, 0.29) is 18.0 Å². The van der Waals surface area contributed by atoms with Gasteiger partial charge in [-0.3, -0.25) is 0 Å². The summed E-state index contributed by atoms with van der Waals surface area (Å²) in [6.07, 6.45) is -1.13. The highest BCUT2D eigenvalue weighted by Gasteiger charge is 2.13. The number of halogens is 1. The van der Waals surface area contributed by atoms with Crippen molar-refractivity contribution in [3.05, 3.63) is 64.7 Å². The minimum absolute atomic E-state index is 0.116. The van der Waals surface area contributed by atoms with Crippen LogP contribution in [0.4, 0.5) is 4.79 Å². The van der Waals surface area contributed by atoms with Gasteiger partial charge in [-0.25, -0.2) is 17.9 Å². The van der Waals surface area contributed by atoms with Gasteiger partial charge in [-0.15, -0.1) is 0 Å². The maximum Gasteiger partial charge on any atom is 0.404 e. The number of nitrogens with one attached hydrogen (secondary N) is 2. The summed E-state index contributed by atoms with van der Waals surface area (Å²) in [7, 11) is -3.64. The van der Waals surface area contributed by atoms with Crippen LogP contribution in [-0.2, 0) is 23.1 Å². The lowest BCUT2D eigenvalue weighted by molar-refractivity contribution is 0.194. The zero-order valence-electron chi connectivity index (χ0n) is 12.0. The molecule has 3 N–H and O–H groups in total. The molecule has 0 saturated carbocycles. The van der Waals surface area contributed by atoms with E-state index in [2.05, 4.69) is 10.0 Å². The summed E-state index contributed by atoms with van der Waals surface area (Å²) in [4.78, 5) is 10.5. The van der Waals surface area contributed by atoms with Crippen LogP contribution in [0.15, 0.2) is 53.4 Å². The molecule has 0 fully saturated rings. The first-order valence-corrected chi connectivity index (χ1v) is 8.53. The molecule has 2 rings (SSSR count). The van der Waals surface area contributed by atoms with Gasteiger partial charge in [0.1, 0.15) is 0 Å². The standard InChI is InChI=1S/C15H15ClN2O4S/c16-13-5-1-12(2-6-13)10-18-23(21,22)14-7-3-11(4-8-14)9-17-15(19)20/h1-8,17-18H,9-10H2,(H,19,20). The van der Waals surface area contributed by atoms with E-state index in [1.165, 1.54) is 12.1 Å². The average Bonchev–Trinajstić information content (AvgIpc) is 2.53. The Kier molecular flexibility index (Phi) is 5.59. The summed E-state index contributed by atoms with van der Waals surface area (Å²) in [5.74, 6) is 0. The second-order valence-corrected chi connectivity index (χ2v) is 6.96. The van der Waals surface area contributed by atoms with E-state index in [1.54, 1.807) is 36.4 Å². The number of benzene rings is 2. The summed E-state index contributed by atoms with van der Waals surface area (Å²) < 4.78 is 26.9. The Morgan fingerprint density at radius 1 is 0.957 bits per heavy atom. The van der Waals surface area contributed by atoms with Gasteiger partial charge >= 0.3 is 6.09 Å². The fourth-order valence-corrected chi connectivity index (χ4v) is 2.97. The Hall–Kier alpha value is -2.09. The van der Waals surface area contributed by atoms with Crippen LogP contribution >= 0.6 is 11.6 Å². The van der Waals surface area contributed by atoms with Gasteiger partial charge < -0.3 is 10.4 Å². The number of carboxylic acid groups (broad SMARTS) is 1. The molecular weight excluding hydrogens is 340 g/mol. The van der Waals surface area contributed by atoms with Crippen LogP contribution in [0.5, 0.6) is 0 Å². The van der Waals surface area contributed by atoms with Crippen molar-refractivity contribution in [1.29, 1.82) is 0 Å². The van der Waals surface area contributed by atoms with Crippen LogP contribution in [0.25, 0.3) is 0 Å². The van der Waals surface area contributed by atoms with E-state index in [0.717, 1.165) is 5.56 Å². The quantitative estimate of drug-likeness (QED) is 0.743. The van der Waals surface area contributed by atoms with Crippen molar-refractivity contribution < 1.29 is 18.3 Å². The van der Waals surface area contributed by atoms with Crippen molar-refractivity contribution >= 4 is 27.7 Å². The molecule has 23 heavy (non-hydrogen) atoms. The second-order valence-electron chi connectivity index (χ2n) is 4.75. The molecule has 0 aliphatic rings. The van der Waals surface area contributed by atoms with E-state index in [4.69, 9.17) is 16.7 Å². The van der Waals surface area contributed by atoms with E-state index >= 15 is 0 Å². The SMILES string of the molecule is O=C(O)NCc1ccc(S(=O)(=O)NCc2ccc(Cl)cc2)cc1. The molecule has 0 atom stereocenters. The van der Waals surface area contributed by atoms with Gasteiger partial charge in [0.05, 0.1) is 4.90 Å². The van der Waals surface area contributed by atoms with Gasteiger partial charge in [-0.05, 0) is 35.4 Å². The first kappa shape index (κ1) is 17.3. The van der Waals surface area contributed by atoms with Gasteiger partial charge in [0.2, 0.25) is 10.0 Å². The van der Waals surface area contributed by atoms with E-state index in [1.807, 2.05) is 0 Å². The highest BCUT2D eigenvalue weighted by molar-refractivity contribution is 7.89. The third-order valence-electron chi connectivity index (χ3n) is 3.06. The van der Waals surface area contributed by atoms with Crippen LogP contribution in [0.1, 0.15) is 11.1 Å². The first-order valence-electron chi connectivity index (χ1n) is 6.67. The predicted molar refractivity (Wildman–Crippen MR) is 86.8 cm³/mol. The third-order valence-corrected chi connectivity index (χ3v) is 4.73. The maximum atomic E-state index is 12.2. The molecule has 0 aromatic heterocycles. The fourth-order valence-electron chi connectivity index (χ4n) is 1.83. The highest BCUT2D eigenvalue weighted by atomic mass is 35.5. The number of sulfonamides is 1. The lowest BCUT2D eigenvalue weighted by atomic mass is 10.2. The molecule has 1 amide bonds. The van der Waals surface area contributed by atoms with Gasteiger partial charge in [-0.1, -0.05) is 35.9 Å². The summed E-state index contributed by atoms with van der Waals surface area (Å²) in [5.41, 5.74) is 1.46. The molecule has 2 aromatic carbocycles. The molecule has 0 saturated heterocycles. The van der Waals surface area contributed by atoms with Gasteiger partial charge in [0, 0.05) is 18.1 Å². The summed E-state index contributed by atoms with van der Waals surface area (Å²) >= 11 is 5.78.